The molecule has 0 amide bonds. The van der Waals surface area contributed by atoms with Gasteiger partial charge in [-0.3, -0.25) is 4.79 Å². The van der Waals surface area contributed by atoms with Crippen LogP contribution < -0.4 is 11.3 Å². The molecule has 0 fully saturated rings. The number of aromatic nitrogens is 1. The van der Waals surface area contributed by atoms with Gasteiger partial charge in [0, 0.05) is 32.4 Å². The van der Waals surface area contributed by atoms with Gasteiger partial charge in [0.15, 0.2) is 0 Å². The van der Waals surface area contributed by atoms with E-state index in [1.807, 2.05) is 16.7 Å². The highest BCUT2D eigenvalue weighted by Crippen LogP contribution is 2.22. The minimum atomic E-state index is -0.00525. The summed E-state index contributed by atoms with van der Waals surface area (Å²) in [4.78, 5) is 12.6. The van der Waals surface area contributed by atoms with Gasteiger partial charge in [0.1, 0.15) is 0 Å². The Hall–Kier alpha value is -1.91. The molecule has 2 rings (SSSR count). The Morgan fingerprint density at radius 2 is 1.91 bits per heavy atom. The molecule has 4 nitrogen and oxygen atoms in total. The summed E-state index contributed by atoms with van der Waals surface area (Å²) in [6, 6.07) is 10.1. The highest BCUT2D eigenvalue weighted by atomic mass is 16.5. The van der Waals surface area contributed by atoms with Gasteiger partial charge in [0.25, 0.3) is 5.56 Å². The predicted molar refractivity (Wildman–Crippen MR) is 90.0 cm³/mol. The number of pyridine rings is 1. The molecule has 0 aliphatic heterocycles. The first-order valence-electron chi connectivity index (χ1n) is 7.58. The zero-order chi connectivity index (χ0) is 16.1. The Balaban J connectivity index is 2.51. The fourth-order valence-corrected chi connectivity index (χ4v) is 2.52. The van der Waals surface area contributed by atoms with Crippen LogP contribution in [0.2, 0.25) is 0 Å². The topological polar surface area (TPSA) is 57.2 Å². The van der Waals surface area contributed by atoms with E-state index in [1.54, 1.807) is 7.11 Å². The number of rotatable bonds is 6. The maximum Gasteiger partial charge on any atom is 0.255 e. The Morgan fingerprint density at radius 3 is 2.55 bits per heavy atom. The van der Waals surface area contributed by atoms with E-state index in [0.29, 0.717) is 18.7 Å². The largest absolute Gasteiger partial charge is 0.385 e. The van der Waals surface area contributed by atoms with E-state index in [2.05, 4.69) is 32.0 Å². The number of nitrogens with zero attached hydrogens (tertiary/aromatic N) is 1. The fourth-order valence-electron chi connectivity index (χ4n) is 2.52. The second-order valence-corrected chi connectivity index (χ2v) is 5.55. The molecule has 2 aromatic rings. The average molecular weight is 300 g/mol. The van der Waals surface area contributed by atoms with Crippen LogP contribution in [0.3, 0.4) is 0 Å². The molecule has 0 bridgehead atoms. The van der Waals surface area contributed by atoms with Crippen molar-refractivity contribution in [3.05, 3.63) is 57.4 Å². The summed E-state index contributed by atoms with van der Waals surface area (Å²) >= 11 is 0. The Bertz CT molecular complexity index is 705. The number of hydrogen-bond donors (Lipinski definition) is 1. The second-order valence-electron chi connectivity index (χ2n) is 5.55. The first kappa shape index (κ1) is 16.5. The van der Waals surface area contributed by atoms with Gasteiger partial charge in [0.05, 0.1) is 5.69 Å². The first-order chi connectivity index (χ1) is 10.6. The van der Waals surface area contributed by atoms with E-state index < -0.39 is 0 Å². The van der Waals surface area contributed by atoms with Crippen LogP contribution in [-0.4, -0.2) is 18.3 Å². The summed E-state index contributed by atoms with van der Waals surface area (Å²) in [5.74, 6) is 0. The van der Waals surface area contributed by atoms with Gasteiger partial charge in [-0.2, -0.15) is 0 Å². The zero-order valence-electron chi connectivity index (χ0n) is 13.6. The van der Waals surface area contributed by atoms with E-state index >= 15 is 0 Å². The number of hydrogen-bond acceptors (Lipinski definition) is 3. The molecule has 1 aromatic carbocycles. The SMILES string of the molecule is COCCCn1c(-c2ccc(C)c(C)c2)ccc(CN)c1=O. The first-order valence-corrected chi connectivity index (χ1v) is 7.58. The molecule has 0 saturated heterocycles. The maximum atomic E-state index is 12.6. The zero-order valence-corrected chi connectivity index (χ0v) is 13.6. The van der Waals surface area contributed by atoms with Gasteiger partial charge in [-0.25, -0.2) is 0 Å². The predicted octanol–water partition coefficient (Wildman–Crippen LogP) is 2.63. The molecule has 118 valence electrons. The van der Waals surface area contributed by atoms with Crippen LogP contribution in [0, 0.1) is 13.8 Å². The molecule has 4 heteroatoms. The minimum absolute atomic E-state index is 0.00525. The van der Waals surface area contributed by atoms with Crippen LogP contribution in [0.25, 0.3) is 11.3 Å². The molecule has 1 heterocycles. The van der Waals surface area contributed by atoms with Crippen molar-refractivity contribution in [2.45, 2.75) is 33.4 Å². The third-order valence-corrected chi connectivity index (χ3v) is 4.01. The van der Waals surface area contributed by atoms with Gasteiger partial charge in [0.2, 0.25) is 0 Å². The lowest BCUT2D eigenvalue weighted by atomic mass is 10.0. The molecule has 0 atom stereocenters. The number of benzene rings is 1. The molecule has 0 spiro atoms. The Morgan fingerprint density at radius 1 is 1.14 bits per heavy atom. The molecule has 0 aliphatic carbocycles. The van der Waals surface area contributed by atoms with Crippen LogP contribution in [0.5, 0.6) is 0 Å². The number of methoxy groups -OCH3 is 1. The Labute approximate surface area is 131 Å². The molecular formula is C18H24N2O2. The lowest BCUT2D eigenvalue weighted by molar-refractivity contribution is 0.190. The van der Waals surface area contributed by atoms with Crippen molar-refractivity contribution in [1.29, 1.82) is 0 Å². The van der Waals surface area contributed by atoms with Crippen molar-refractivity contribution in [2.75, 3.05) is 13.7 Å². The van der Waals surface area contributed by atoms with Crippen LogP contribution in [-0.2, 0) is 17.8 Å². The van der Waals surface area contributed by atoms with Crippen molar-refractivity contribution in [1.82, 2.24) is 4.57 Å². The highest BCUT2D eigenvalue weighted by Gasteiger charge is 2.10. The molecule has 0 radical (unpaired) electrons. The van der Waals surface area contributed by atoms with Crippen molar-refractivity contribution >= 4 is 0 Å². The minimum Gasteiger partial charge on any atom is -0.385 e. The molecule has 0 saturated carbocycles. The van der Waals surface area contributed by atoms with Gasteiger partial charge < -0.3 is 15.0 Å². The van der Waals surface area contributed by atoms with E-state index in [-0.39, 0.29) is 12.1 Å². The lowest BCUT2D eigenvalue weighted by Crippen LogP contribution is -2.27. The smallest absolute Gasteiger partial charge is 0.255 e. The summed E-state index contributed by atoms with van der Waals surface area (Å²) in [6.45, 7) is 5.69. The molecule has 0 unspecified atom stereocenters. The van der Waals surface area contributed by atoms with Crippen molar-refractivity contribution in [3.63, 3.8) is 0 Å². The van der Waals surface area contributed by atoms with Gasteiger partial charge >= 0.3 is 0 Å². The van der Waals surface area contributed by atoms with Gasteiger partial charge in [-0.05, 0) is 49.1 Å². The van der Waals surface area contributed by atoms with E-state index in [9.17, 15) is 4.79 Å². The normalized spacial score (nSPS) is 10.9. The van der Waals surface area contributed by atoms with Crippen molar-refractivity contribution in [3.8, 4) is 11.3 Å². The van der Waals surface area contributed by atoms with E-state index in [1.165, 1.54) is 11.1 Å². The summed E-state index contributed by atoms with van der Waals surface area (Å²) in [5, 5.41) is 0. The van der Waals surface area contributed by atoms with E-state index in [4.69, 9.17) is 10.5 Å². The maximum absolute atomic E-state index is 12.6. The van der Waals surface area contributed by atoms with Gasteiger partial charge in [-0.1, -0.05) is 18.2 Å². The van der Waals surface area contributed by atoms with Crippen molar-refractivity contribution in [2.24, 2.45) is 5.73 Å². The van der Waals surface area contributed by atoms with Crippen LogP contribution in [0.4, 0.5) is 0 Å². The molecule has 22 heavy (non-hydrogen) atoms. The number of aryl methyl sites for hydroxylation is 2. The standard InChI is InChI=1S/C18H24N2O2/c1-13-5-6-15(11-14(13)2)17-8-7-16(12-19)18(21)20(17)9-4-10-22-3/h5-8,11H,4,9-10,12,19H2,1-3H3. The molecule has 1 aromatic heterocycles. The molecule has 2 N–H and O–H groups in total. The quantitative estimate of drug-likeness (QED) is 0.834. The van der Waals surface area contributed by atoms with Crippen LogP contribution in [0.1, 0.15) is 23.1 Å². The monoisotopic (exact) mass is 300 g/mol. The van der Waals surface area contributed by atoms with Crippen LogP contribution in [0.15, 0.2) is 35.1 Å². The molecular weight excluding hydrogens is 276 g/mol. The lowest BCUT2D eigenvalue weighted by Gasteiger charge is -2.15. The highest BCUT2D eigenvalue weighted by molar-refractivity contribution is 5.61. The fraction of sp³-hybridized carbons (Fsp3) is 0.389. The van der Waals surface area contributed by atoms with E-state index in [0.717, 1.165) is 17.7 Å². The van der Waals surface area contributed by atoms with Gasteiger partial charge in [-0.15, -0.1) is 0 Å². The van der Waals surface area contributed by atoms with Crippen molar-refractivity contribution < 1.29 is 4.74 Å². The molecule has 0 aliphatic rings. The van der Waals surface area contributed by atoms with Crippen LogP contribution >= 0.6 is 0 Å². The third-order valence-electron chi connectivity index (χ3n) is 4.01. The summed E-state index contributed by atoms with van der Waals surface area (Å²) in [5.41, 5.74) is 10.8. The number of ether oxygens (including phenoxy) is 1. The third kappa shape index (κ3) is 3.46. The Kier molecular flexibility index (Phi) is 5.52. The average Bonchev–Trinajstić information content (AvgIpc) is 2.51. The number of nitrogens with two attached hydrogens (primary N) is 1. The summed E-state index contributed by atoms with van der Waals surface area (Å²) in [7, 11) is 1.67. The summed E-state index contributed by atoms with van der Waals surface area (Å²) < 4.78 is 6.91. The summed E-state index contributed by atoms with van der Waals surface area (Å²) in [6.07, 6.45) is 0.794. The second kappa shape index (κ2) is 7.38.